The predicted molar refractivity (Wildman–Crippen MR) is 120 cm³/mol. The number of hydrogen-bond donors (Lipinski definition) is 0. The summed E-state index contributed by atoms with van der Waals surface area (Å²) < 4.78 is 8.19. The molecule has 0 aliphatic heterocycles. The minimum absolute atomic E-state index is 0.624. The van der Waals surface area contributed by atoms with Gasteiger partial charge in [0.15, 0.2) is 0 Å². The highest BCUT2D eigenvalue weighted by molar-refractivity contribution is 6.31. The summed E-state index contributed by atoms with van der Waals surface area (Å²) in [6, 6.07) is 21.9. The van der Waals surface area contributed by atoms with Crippen molar-refractivity contribution in [3.05, 3.63) is 93.7 Å². The summed E-state index contributed by atoms with van der Waals surface area (Å²) in [5.41, 5.74) is 4.24. The van der Waals surface area contributed by atoms with Gasteiger partial charge in [-0.3, -0.25) is 0 Å². The molecule has 0 aliphatic carbocycles. The van der Waals surface area contributed by atoms with Crippen molar-refractivity contribution in [2.75, 3.05) is 6.61 Å². The maximum Gasteiger partial charge on any atom is 0.119 e. The van der Waals surface area contributed by atoms with Crippen molar-refractivity contribution < 1.29 is 4.74 Å². The van der Waals surface area contributed by atoms with E-state index in [9.17, 15) is 0 Å². The van der Waals surface area contributed by atoms with Gasteiger partial charge in [0.05, 0.1) is 17.6 Å². The fourth-order valence-corrected chi connectivity index (χ4v) is 3.76. The molecule has 0 unspecified atom stereocenters. The predicted octanol–water partition coefficient (Wildman–Crippen LogP) is 6.71. The SMILES string of the molecule is Cc1cc(OCCCn2c(Cc3ccccc3Cl)nc3ccccc32)ccc1Cl. The molecule has 0 spiro atoms. The number of para-hydroxylation sites is 2. The fraction of sp³-hybridized carbons (Fsp3) is 0.208. The first kappa shape index (κ1) is 19.8. The van der Waals surface area contributed by atoms with Crippen molar-refractivity contribution in [3.63, 3.8) is 0 Å². The van der Waals surface area contributed by atoms with E-state index in [4.69, 9.17) is 32.9 Å². The van der Waals surface area contributed by atoms with Gasteiger partial charge in [-0.05, 0) is 60.9 Å². The van der Waals surface area contributed by atoms with Crippen LogP contribution in [0.2, 0.25) is 10.0 Å². The molecule has 3 aromatic carbocycles. The first-order valence-corrected chi connectivity index (χ1v) is 10.4. The minimum atomic E-state index is 0.624. The van der Waals surface area contributed by atoms with E-state index in [2.05, 4.69) is 22.8 Å². The Balaban J connectivity index is 1.49. The lowest BCUT2D eigenvalue weighted by atomic mass is 10.1. The molecule has 148 valence electrons. The van der Waals surface area contributed by atoms with Crippen LogP contribution >= 0.6 is 23.2 Å². The van der Waals surface area contributed by atoms with Gasteiger partial charge >= 0.3 is 0 Å². The average molecular weight is 425 g/mol. The molecule has 0 fully saturated rings. The molecule has 0 saturated heterocycles. The largest absolute Gasteiger partial charge is 0.494 e. The summed E-state index contributed by atoms with van der Waals surface area (Å²) in [5.74, 6) is 1.86. The number of benzene rings is 3. The van der Waals surface area contributed by atoms with Gasteiger partial charge in [0.1, 0.15) is 11.6 Å². The molecule has 1 heterocycles. The Morgan fingerprint density at radius 1 is 0.931 bits per heavy atom. The van der Waals surface area contributed by atoms with E-state index in [0.717, 1.165) is 56.7 Å². The number of aryl methyl sites for hydroxylation is 2. The molecule has 4 aromatic rings. The summed E-state index contributed by atoms with van der Waals surface area (Å²) >= 11 is 12.5. The summed E-state index contributed by atoms with van der Waals surface area (Å²) in [5, 5.41) is 1.53. The molecule has 4 rings (SSSR count). The minimum Gasteiger partial charge on any atom is -0.494 e. The smallest absolute Gasteiger partial charge is 0.119 e. The fourth-order valence-electron chi connectivity index (χ4n) is 3.44. The Morgan fingerprint density at radius 2 is 1.72 bits per heavy atom. The topological polar surface area (TPSA) is 27.1 Å². The van der Waals surface area contributed by atoms with Crippen LogP contribution in [0.15, 0.2) is 66.7 Å². The number of rotatable bonds is 7. The third kappa shape index (κ3) is 4.58. The Labute approximate surface area is 180 Å². The van der Waals surface area contributed by atoms with Crippen LogP contribution in [0.1, 0.15) is 23.4 Å². The Bertz CT molecular complexity index is 1140. The number of aromatic nitrogens is 2. The molecule has 0 aliphatic rings. The monoisotopic (exact) mass is 424 g/mol. The maximum absolute atomic E-state index is 6.38. The number of imidazole rings is 1. The number of fused-ring (bicyclic) bond motifs is 1. The molecule has 0 radical (unpaired) electrons. The van der Waals surface area contributed by atoms with Gasteiger partial charge in [-0.1, -0.05) is 53.5 Å². The molecule has 0 N–H and O–H groups in total. The molecule has 5 heteroatoms. The first-order valence-electron chi connectivity index (χ1n) is 9.68. The number of ether oxygens (including phenoxy) is 1. The van der Waals surface area contributed by atoms with Crippen LogP contribution in [0.3, 0.4) is 0 Å². The Kier molecular flexibility index (Phi) is 6.08. The lowest BCUT2D eigenvalue weighted by Crippen LogP contribution is -2.08. The Morgan fingerprint density at radius 3 is 2.55 bits per heavy atom. The second kappa shape index (κ2) is 8.89. The standard InChI is InChI=1S/C24H22Cl2N2O/c1-17-15-19(11-12-20(17)25)29-14-6-13-28-23-10-5-4-9-22(23)27-24(28)16-18-7-2-3-8-21(18)26/h2-5,7-12,15H,6,13-14,16H2,1H3. The van der Waals surface area contributed by atoms with Gasteiger partial charge in [0.2, 0.25) is 0 Å². The second-order valence-corrected chi connectivity index (χ2v) is 7.86. The van der Waals surface area contributed by atoms with Crippen LogP contribution in [0.5, 0.6) is 5.75 Å². The molecule has 3 nitrogen and oxygen atoms in total. The van der Waals surface area contributed by atoms with E-state index in [0.29, 0.717) is 13.0 Å². The molecular formula is C24H22Cl2N2O. The summed E-state index contributed by atoms with van der Waals surface area (Å²) in [6.07, 6.45) is 1.57. The van der Waals surface area contributed by atoms with Gasteiger partial charge in [0.25, 0.3) is 0 Å². The molecule has 1 aromatic heterocycles. The van der Waals surface area contributed by atoms with E-state index >= 15 is 0 Å². The third-order valence-electron chi connectivity index (χ3n) is 4.96. The van der Waals surface area contributed by atoms with Crippen LogP contribution in [-0.2, 0) is 13.0 Å². The van der Waals surface area contributed by atoms with Crippen molar-refractivity contribution in [2.45, 2.75) is 26.3 Å². The molecule has 0 bridgehead atoms. The summed E-state index contributed by atoms with van der Waals surface area (Å²) in [6.45, 7) is 3.43. The maximum atomic E-state index is 6.38. The highest BCUT2D eigenvalue weighted by Crippen LogP contribution is 2.24. The number of nitrogens with zero attached hydrogens (tertiary/aromatic N) is 2. The van der Waals surface area contributed by atoms with Crippen LogP contribution in [-0.4, -0.2) is 16.2 Å². The lowest BCUT2D eigenvalue weighted by Gasteiger charge is -2.12. The quantitative estimate of drug-likeness (QED) is 0.308. The molecule has 0 saturated carbocycles. The van der Waals surface area contributed by atoms with Crippen LogP contribution in [0, 0.1) is 6.92 Å². The molecule has 0 amide bonds. The van der Waals surface area contributed by atoms with Crippen molar-refractivity contribution in [2.24, 2.45) is 0 Å². The normalized spacial score (nSPS) is 11.1. The van der Waals surface area contributed by atoms with Gasteiger partial charge in [-0.25, -0.2) is 4.98 Å². The lowest BCUT2D eigenvalue weighted by molar-refractivity contribution is 0.301. The zero-order chi connectivity index (χ0) is 20.2. The molecular weight excluding hydrogens is 403 g/mol. The zero-order valence-electron chi connectivity index (χ0n) is 16.2. The highest BCUT2D eigenvalue weighted by Gasteiger charge is 2.12. The first-order chi connectivity index (χ1) is 14.1. The number of halogens is 2. The molecule has 29 heavy (non-hydrogen) atoms. The van der Waals surface area contributed by atoms with Gasteiger partial charge < -0.3 is 9.30 Å². The van der Waals surface area contributed by atoms with Crippen LogP contribution in [0.4, 0.5) is 0 Å². The van der Waals surface area contributed by atoms with Crippen molar-refractivity contribution >= 4 is 34.2 Å². The zero-order valence-corrected chi connectivity index (χ0v) is 17.7. The van der Waals surface area contributed by atoms with Gasteiger partial charge in [-0.2, -0.15) is 0 Å². The van der Waals surface area contributed by atoms with E-state index < -0.39 is 0 Å². The Hall–Kier alpha value is -2.49. The number of hydrogen-bond acceptors (Lipinski definition) is 2. The summed E-state index contributed by atoms with van der Waals surface area (Å²) in [7, 11) is 0. The van der Waals surface area contributed by atoms with Crippen molar-refractivity contribution in [1.29, 1.82) is 0 Å². The van der Waals surface area contributed by atoms with E-state index in [1.54, 1.807) is 0 Å². The van der Waals surface area contributed by atoms with Gasteiger partial charge in [-0.15, -0.1) is 0 Å². The average Bonchev–Trinajstić information content (AvgIpc) is 3.07. The van der Waals surface area contributed by atoms with E-state index in [-0.39, 0.29) is 0 Å². The van der Waals surface area contributed by atoms with Crippen LogP contribution in [0.25, 0.3) is 11.0 Å². The van der Waals surface area contributed by atoms with Crippen LogP contribution < -0.4 is 4.74 Å². The van der Waals surface area contributed by atoms with Gasteiger partial charge in [0, 0.05) is 23.0 Å². The highest BCUT2D eigenvalue weighted by atomic mass is 35.5. The third-order valence-corrected chi connectivity index (χ3v) is 5.76. The van der Waals surface area contributed by atoms with Crippen molar-refractivity contribution in [3.8, 4) is 5.75 Å². The second-order valence-electron chi connectivity index (χ2n) is 7.05. The van der Waals surface area contributed by atoms with Crippen molar-refractivity contribution in [1.82, 2.24) is 9.55 Å². The molecule has 0 atom stereocenters. The van der Waals surface area contributed by atoms with E-state index in [1.165, 1.54) is 0 Å². The van der Waals surface area contributed by atoms with E-state index in [1.807, 2.05) is 55.5 Å². The summed E-state index contributed by atoms with van der Waals surface area (Å²) in [4.78, 5) is 4.86.